The molecule has 0 aliphatic rings. The van der Waals surface area contributed by atoms with Gasteiger partial charge in [-0.1, -0.05) is 19.1 Å². The van der Waals surface area contributed by atoms with Gasteiger partial charge in [0.15, 0.2) is 0 Å². The highest BCUT2D eigenvalue weighted by atomic mass is 16.5. The standard InChI is InChI=1S/C13H20N2O2/c1-4-15-13(2,9-12(14)16)10-6-5-7-11(8-10)17-3/h5-8,15H,4,9H2,1-3H3,(H2,14,16). The lowest BCUT2D eigenvalue weighted by atomic mass is 9.88. The van der Waals surface area contributed by atoms with Gasteiger partial charge in [0.1, 0.15) is 5.75 Å². The fourth-order valence-corrected chi connectivity index (χ4v) is 1.97. The van der Waals surface area contributed by atoms with Gasteiger partial charge in [0.25, 0.3) is 0 Å². The van der Waals surface area contributed by atoms with Gasteiger partial charge in [0.05, 0.1) is 7.11 Å². The molecule has 0 saturated carbocycles. The molecule has 0 aromatic heterocycles. The zero-order valence-electron chi connectivity index (χ0n) is 10.6. The van der Waals surface area contributed by atoms with Crippen molar-refractivity contribution in [2.75, 3.05) is 13.7 Å². The molecule has 0 aliphatic heterocycles. The first-order valence-corrected chi connectivity index (χ1v) is 5.69. The summed E-state index contributed by atoms with van der Waals surface area (Å²) in [6, 6.07) is 7.67. The number of ether oxygens (including phenoxy) is 1. The smallest absolute Gasteiger partial charge is 0.219 e. The maximum absolute atomic E-state index is 11.2. The largest absolute Gasteiger partial charge is 0.497 e. The lowest BCUT2D eigenvalue weighted by molar-refractivity contribution is -0.119. The molecule has 0 spiro atoms. The number of carbonyl (C=O) groups excluding carboxylic acids is 1. The van der Waals surface area contributed by atoms with Gasteiger partial charge >= 0.3 is 0 Å². The first-order chi connectivity index (χ1) is 8.01. The van der Waals surface area contributed by atoms with Crippen molar-refractivity contribution in [1.29, 1.82) is 0 Å². The fourth-order valence-electron chi connectivity index (χ4n) is 1.97. The summed E-state index contributed by atoms with van der Waals surface area (Å²) < 4.78 is 5.19. The summed E-state index contributed by atoms with van der Waals surface area (Å²) in [5.74, 6) is 0.451. The Morgan fingerprint density at radius 1 is 1.53 bits per heavy atom. The van der Waals surface area contributed by atoms with E-state index >= 15 is 0 Å². The molecule has 0 heterocycles. The average Bonchev–Trinajstić information content (AvgIpc) is 2.28. The summed E-state index contributed by atoms with van der Waals surface area (Å²) in [5, 5.41) is 3.30. The van der Waals surface area contributed by atoms with E-state index in [4.69, 9.17) is 10.5 Å². The number of carbonyl (C=O) groups is 1. The predicted octanol–water partition coefficient (Wildman–Crippen LogP) is 1.40. The molecule has 1 amide bonds. The summed E-state index contributed by atoms with van der Waals surface area (Å²) in [7, 11) is 1.62. The number of amides is 1. The van der Waals surface area contributed by atoms with Gasteiger partial charge in [-0.2, -0.15) is 0 Å². The van der Waals surface area contributed by atoms with Crippen molar-refractivity contribution < 1.29 is 9.53 Å². The lowest BCUT2D eigenvalue weighted by Crippen LogP contribution is -2.42. The Hall–Kier alpha value is -1.55. The molecule has 0 saturated heterocycles. The number of methoxy groups -OCH3 is 1. The normalized spacial score (nSPS) is 14.1. The van der Waals surface area contributed by atoms with Crippen LogP contribution in [0.4, 0.5) is 0 Å². The molecule has 17 heavy (non-hydrogen) atoms. The average molecular weight is 236 g/mol. The number of hydrogen-bond donors (Lipinski definition) is 2. The highest BCUT2D eigenvalue weighted by molar-refractivity contribution is 5.75. The molecule has 0 radical (unpaired) electrons. The van der Waals surface area contributed by atoms with Gasteiger partial charge in [-0.3, -0.25) is 4.79 Å². The van der Waals surface area contributed by atoms with Crippen LogP contribution in [0.3, 0.4) is 0 Å². The van der Waals surface area contributed by atoms with Gasteiger partial charge in [-0.25, -0.2) is 0 Å². The number of nitrogens with one attached hydrogen (secondary N) is 1. The van der Waals surface area contributed by atoms with E-state index in [0.717, 1.165) is 17.9 Å². The third-order valence-electron chi connectivity index (χ3n) is 2.80. The van der Waals surface area contributed by atoms with Crippen molar-refractivity contribution in [3.8, 4) is 5.75 Å². The lowest BCUT2D eigenvalue weighted by Gasteiger charge is -2.30. The highest BCUT2D eigenvalue weighted by Crippen LogP contribution is 2.27. The second-order valence-corrected chi connectivity index (χ2v) is 4.24. The van der Waals surface area contributed by atoms with E-state index in [-0.39, 0.29) is 12.3 Å². The second-order valence-electron chi connectivity index (χ2n) is 4.24. The van der Waals surface area contributed by atoms with Crippen LogP contribution in [0.2, 0.25) is 0 Å². The number of primary amides is 1. The molecule has 1 unspecified atom stereocenters. The number of rotatable bonds is 6. The molecule has 1 rings (SSSR count). The van der Waals surface area contributed by atoms with E-state index < -0.39 is 5.54 Å². The van der Waals surface area contributed by atoms with E-state index in [1.54, 1.807) is 7.11 Å². The van der Waals surface area contributed by atoms with Crippen molar-refractivity contribution in [2.24, 2.45) is 5.73 Å². The van der Waals surface area contributed by atoms with Crippen molar-refractivity contribution in [1.82, 2.24) is 5.32 Å². The zero-order chi connectivity index (χ0) is 12.9. The Morgan fingerprint density at radius 2 is 2.24 bits per heavy atom. The number of hydrogen-bond acceptors (Lipinski definition) is 3. The van der Waals surface area contributed by atoms with Gasteiger partial charge in [0, 0.05) is 12.0 Å². The topological polar surface area (TPSA) is 64.3 Å². The third-order valence-corrected chi connectivity index (χ3v) is 2.80. The molecule has 94 valence electrons. The first-order valence-electron chi connectivity index (χ1n) is 5.69. The molecule has 3 N–H and O–H groups in total. The van der Waals surface area contributed by atoms with E-state index in [1.165, 1.54) is 0 Å². The van der Waals surface area contributed by atoms with E-state index in [2.05, 4.69) is 5.32 Å². The summed E-state index contributed by atoms with van der Waals surface area (Å²) in [6.07, 6.45) is 0.258. The minimum Gasteiger partial charge on any atom is -0.497 e. The molecule has 0 aliphatic carbocycles. The summed E-state index contributed by atoms with van der Waals surface area (Å²) in [5.41, 5.74) is 5.85. The molecule has 1 aromatic rings. The van der Waals surface area contributed by atoms with Gasteiger partial charge in [-0.05, 0) is 31.2 Å². The Bertz CT molecular complexity index is 393. The fraction of sp³-hybridized carbons (Fsp3) is 0.462. The predicted molar refractivity (Wildman–Crippen MR) is 67.8 cm³/mol. The van der Waals surface area contributed by atoms with Crippen LogP contribution in [0.15, 0.2) is 24.3 Å². The van der Waals surface area contributed by atoms with Crippen LogP contribution >= 0.6 is 0 Å². The van der Waals surface area contributed by atoms with E-state index in [0.29, 0.717) is 0 Å². The Kier molecular flexibility index (Phi) is 4.52. The van der Waals surface area contributed by atoms with Crippen LogP contribution < -0.4 is 15.8 Å². The highest BCUT2D eigenvalue weighted by Gasteiger charge is 2.27. The molecule has 4 heteroatoms. The minimum atomic E-state index is -0.449. The molecule has 4 nitrogen and oxygen atoms in total. The number of nitrogens with two attached hydrogens (primary N) is 1. The van der Waals surface area contributed by atoms with E-state index in [1.807, 2.05) is 38.1 Å². The SMILES string of the molecule is CCNC(C)(CC(N)=O)c1cccc(OC)c1. The zero-order valence-corrected chi connectivity index (χ0v) is 10.6. The molecule has 0 bridgehead atoms. The second kappa shape index (κ2) is 5.68. The first kappa shape index (κ1) is 13.5. The van der Waals surface area contributed by atoms with Gasteiger partial charge in [0.2, 0.25) is 5.91 Å². The summed E-state index contributed by atoms with van der Waals surface area (Å²) >= 11 is 0. The van der Waals surface area contributed by atoms with Crippen molar-refractivity contribution in [3.05, 3.63) is 29.8 Å². The molecule has 1 atom stereocenters. The maximum atomic E-state index is 11.2. The van der Waals surface area contributed by atoms with Crippen molar-refractivity contribution in [3.63, 3.8) is 0 Å². The van der Waals surface area contributed by atoms with E-state index in [9.17, 15) is 4.79 Å². The van der Waals surface area contributed by atoms with Crippen molar-refractivity contribution in [2.45, 2.75) is 25.8 Å². The molecule has 1 aromatic carbocycles. The van der Waals surface area contributed by atoms with Gasteiger partial charge in [-0.15, -0.1) is 0 Å². The minimum absolute atomic E-state index is 0.258. The molecule has 0 fully saturated rings. The Balaban J connectivity index is 3.07. The number of benzene rings is 1. The molecular formula is C13H20N2O2. The molecular weight excluding hydrogens is 216 g/mol. The monoisotopic (exact) mass is 236 g/mol. The van der Waals surface area contributed by atoms with Crippen LogP contribution in [0.5, 0.6) is 5.75 Å². The van der Waals surface area contributed by atoms with Crippen LogP contribution in [0.25, 0.3) is 0 Å². The van der Waals surface area contributed by atoms with Crippen LogP contribution in [0, 0.1) is 0 Å². The van der Waals surface area contributed by atoms with Gasteiger partial charge < -0.3 is 15.8 Å². The third kappa shape index (κ3) is 3.46. The van der Waals surface area contributed by atoms with Crippen LogP contribution in [0.1, 0.15) is 25.8 Å². The maximum Gasteiger partial charge on any atom is 0.219 e. The Labute approximate surface area is 102 Å². The van der Waals surface area contributed by atoms with Crippen LogP contribution in [-0.4, -0.2) is 19.6 Å². The van der Waals surface area contributed by atoms with Crippen LogP contribution in [-0.2, 0) is 10.3 Å². The summed E-state index contributed by atoms with van der Waals surface area (Å²) in [6.45, 7) is 4.73. The quantitative estimate of drug-likeness (QED) is 0.784. The summed E-state index contributed by atoms with van der Waals surface area (Å²) in [4.78, 5) is 11.2. The van der Waals surface area contributed by atoms with Crippen molar-refractivity contribution >= 4 is 5.91 Å². The Morgan fingerprint density at radius 3 is 2.76 bits per heavy atom.